The molecule has 4 N–H and O–H groups in total. The molecule has 2 aliphatic carbocycles. The Morgan fingerprint density at radius 1 is 1.17 bits per heavy atom. The number of nitrogens with zero attached hydrogens (tertiary/aromatic N) is 4. The maximum atomic E-state index is 13.6. The second-order valence-corrected chi connectivity index (χ2v) is 10.3. The average molecular weight is 492 g/mol. The zero-order chi connectivity index (χ0) is 25.6. The van der Waals surface area contributed by atoms with Crippen molar-refractivity contribution in [3.05, 3.63) is 41.6 Å². The number of aromatic amines is 1. The van der Waals surface area contributed by atoms with Gasteiger partial charge in [0.25, 0.3) is 5.91 Å². The van der Waals surface area contributed by atoms with Gasteiger partial charge in [-0.2, -0.15) is 10.2 Å². The van der Waals surface area contributed by atoms with Gasteiger partial charge in [-0.05, 0) is 77.2 Å². The van der Waals surface area contributed by atoms with Crippen molar-refractivity contribution in [3.63, 3.8) is 0 Å². The number of hydrogen-bond donors (Lipinski definition) is 4. The number of aryl methyl sites for hydroxylation is 2. The van der Waals surface area contributed by atoms with Crippen LogP contribution in [0.25, 0.3) is 11.3 Å². The minimum absolute atomic E-state index is 0.0192. The van der Waals surface area contributed by atoms with Crippen molar-refractivity contribution in [1.82, 2.24) is 30.3 Å². The van der Waals surface area contributed by atoms with Crippen molar-refractivity contribution in [2.75, 3.05) is 5.32 Å². The Bertz CT molecular complexity index is 1250. The smallest absolute Gasteiger partial charge is 0.270 e. The molecule has 0 saturated heterocycles. The summed E-state index contributed by atoms with van der Waals surface area (Å²) >= 11 is 0. The van der Waals surface area contributed by atoms with Crippen LogP contribution >= 0.6 is 0 Å². The van der Waals surface area contributed by atoms with Crippen molar-refractivity contribution < 1.29 is 14.7 Å². The van der Waals surface area contributed by atoms with Gasteiger partial charge in [0, 0.05) is 29.6 Å². The van der Waals surface area contributed by atoms with Crippen molar-refractivity contribution in [2.45, 2.75) is 65.5 Å². The molecule has 3 aromatic heterocycles. The van der Waals surface area contributed by atoms with Gasteiger partial charge in [-0.3, -0.25) is 24.4 Å². The molecular weight excluding hydrogens is 458 g/mol. The van der Waals surface area contributed by atoms with E-state index in [1.165, 1.54) is 12.3 Å². The first-order valence-electron chi connectivity index (χ1n) is 12.6. The molecule has 2 saturated carbocycles. The summed E-state index contributed by atoms with van der Waals surface area (Å²) < 4.78 is 1.66. The van der Waals surface area contributed by atoms with Gasteiger partial charge in [0.1, 0.15) is 23.2 Å². The van der Waals surface area contributed by atoms with Crippen LogP contribution in [0.4, 0.5) is 5.69 Å². The lowest BCUT2D eigenvalue weighted by molar-refractivity contribution is -0.119. The van der Waals surface area contributed by atoms with Gasteiger partial charge in [-0.15, -0.1) is 0 Å². The number of rotatable bonds is 9. The Hall–Kier alpha value is -3.69. The number of aromatic nitrogens is 5. The van der Waals surface area contributed by atoms with Gasteiger partial charge in [-0.25, -0.2) is 0 Å². The average Bonchev–Trinajstić information content (AvgIpc) is 3.76. The molecule has 1 atom stereocenters. The van der Waals surface area contributed by atoms with Crippen LogP contribution in [-0.2, 0) is 4.79 Å². The van der Waals surface area contributed by atoms with E-state index in [9.17, 15) is 14.7 Å². The second-order valence-electron chi connectivity index (χ2n) is 10.3. The molecule has 10 heteroatoms. The first-order valence-corrected chi connectivity index (χ1v) is 12.6. The largest absolute Gasteiger partial charge is 0.506 e. The van der Waals surface area contributed by atoms with E-state index in [-0.39, 0.29) is 29.5 Å². The van der Waals surface area contributed by atoms with Crippen LogP contribution in [0.1, 0.15) is 67.4 Å². The Morgan fingerprint density at radius 3 is 2.42 bits per heavy atom. The van der Waals surface area contributed by atoms with Gasteiger partial charge >= 0.3 is 0 Å². The third-order valence-corrected chi connectivity index (χ3v) is 7.18. The van der Waals surface area contributed by atoms with E-state index in [0.717, 1.165) is 42.6 Å². The SMILES string of the molecule is Cc1n[nH]c(C)c1-c1ncc(NC(=O)[C@@H](NC(=O)c2ccnn2C(C)C)C(C2CC2)C2CC2)cc1O. The van der Waals surface area contributed by atoms with E-state index < -0.39 is 6.04 Å². The third kappa shape index (κ3) is 4.72. The Balaban J connectivity index is 1.39. The molecule has 0 spiro atoms. The van der Waals surface area contributed by atoms with Crippen LogP contribution in [-0.4, -0.2) is 47.9 Å². The maximum absolute atomic E-state index is 13.6. The lowest BCUT2D eigenvalue weighted by Crippen LogP contribution is -2.50. The summed E-state index contributed by atoms with van der Waals surface area (Å²) in [5.41, 5.74) is 3.47. The molecule has 10 nitrogen and oxygen atoms in total. The number of pyridine rings is 1. The summed E-state index contributed by atoms with van der Waals surface area (Å²) in [5, 5.41) is 27.9. The highest BCUT2D eigenvalue weighted by Gasteiger charge is 2.48. The fraction of sp³-hybridized carbons (Fsp3) is 0.500. The molecule has 2 aliphatic rings. The Morgan fingerprint density at radius 2 is 1.86 bits per heavy atom. The quantitative estimate of drug-likeness (QED) is 0.360. The van der Waals surface area contributed by atoms with Crippen LogP contribution < -0.4 is 10.6 Å². The number of carbonyl (C=O) groups excluding carboxylic acids is 2. The van der Waals surface area contributed by atoms with Crippen molar-refractivity contribution in [1.29, 1.82) is 0 Å². The summed E-state index contributed by atoms with van der Waals surface area (Å²) in [4.78, 5) is 31.3. The monoisotopic (exact) mass is 491 g/mol. The highest BCUT2D eigenvalue weighted by atomic mass is 16.3. The lowest BCUT2D eigenvalue weighted by atomic mass is 9.88. The minimum Gasteiger partial charge on any atom is -0.506 e. The highest BCUT2D eigenvalue weighted by Crippen LogP contribution is 2.51. The molecule has 5 rings (SSSR count). The van der Waals surface area contributed by atoms with Crippen LogP contribution in [0, 0.1) is 31.6 Å². The van der Waals surface area contributed by atoms with Gasteiger partial charge in [0.2, 0.25) is 5.91 Å². The summed E-state index contributed by atoms with van der Waals surface area (Å²) in [6.07, 6.45) is 7.42. The number of nitrogens with one attached hydrogen (secondary N) is 3. The molecule has 0 aromatic carbocycles. The van der Waals surface area contributed by atoms with E-state index in [1.807, 2.05) is 27.7 Å². The van der Waals surface area contributed by atoms with Gasteiger partial charge in [0.15, 0.2) is 0 Å². The van der Waals surface area contributed by atoms with Crippen LogP contribution in [0.5, 0.6) is 5.75 Å². The van der Waals surface area contributed by atoms with E-state index >= 15 is 0 Å². The van der Waals surface area contributed by atoms with Gasteiger partial charge in [0.05, 0.1) is 17.6 Å². The third-order valence-electron chi connectivity index (χ3n) is 7.18. The maximum Gasteiger partial charge on any atom is 0.270 e. The normalized spacial score (nSPS) is 16.4. The predicted octanol–water partition coefficient (Wildman–Crippen LogP) is 3.74. The minimum atomic E-state index is -0.687. The Labute approximate surface area is 209 Å². The van der Waals surface area contributed by atoms with Crippen LogP contribution in [0.3, 0.4) is 0 Å². The molecule has 3 heterocycles. The molecule has 0 unspecified atom stereocenters. The summed E-state index contributed by atoms with van der Waals surface area (Å²) in [6.45, 7) is 7.62. The van der Waals surface area contributed by atoms with Gasteiger partial charge in [-0.1, -0.05) is 0 Å². The molecule has 3 aromatic rings. The van der Waals surface area contributed by atoms with E-state index in [2.05, 4.69) is 30.9 Å². The summed E-state index contributed by atoms with van der Waals surface area (Å²) in [6, 6.07) is 2.50. The first-order chi connectivity index (χ1) is 17.2. The zero-order valence-electron chi connectivity index (χ0n) is 21.1. The van der Waals surface area contributed by atoms with E-state index in [0.29, 0.717) is 28.9 Å². The predicted molar refractivity (Wildman–Crippen MR) is 134 cm³/mol. The summed E-state index contributed by atoms with van der Waals surface area (Å²) in [7, 11) is 0. The topological polar surface area (TPSA) is 138 Å². The molecule has 36 heavy (non-hydrogen) atoms. The summed E-state index contributed by atoms with van der Waals surface area (Å²) in [5.74, 6) is 0.292. The number of carbonyl (C=O) groups is 2. The fourth-order valence-electron chi connectivity index (χ4n) is 5.18. The molecule has 0 aliphatic heterocycles. The zero-order valence-corrected chi connectivity index (χ0v) is 21.1. The first kappa shape index (κ1) is 24.0. The van der Waals surface area contributed by atoms with E-state index in [4.69, 9.17) is 0 Å². The molecule has 190 valence electrons. The Kier molecular flexibility index (Phi) is 6.27. The molecule has 2 fully saturated rings. The molecule has 0 bridgehead atoms. The molecule has 2 amide bonds. The number of anilines is 1. The highest BCUT2D eigenvalue weighted by molar-refractivity contribution is 6.01. The number of hydrogen-bond acceptors (Lipinski definition) is 6. The van der Waals surface area contributed by atoms with Crippen molar-refractivity contribution >= 4 is 17.5 Å². The van der Waals surface area contributed by atoms with Gasteiger partial charge < -0.3 is 15.7 Å². The van der Waals surface area contributed by atoms with Crippen molar-refractivity contribution in [3.8, 4) is 17.0 Å². The molecule has 0 radical (unpaired) electrons. The second kappa shape index (κ2) is 9.40. The number of H-pyrrole nitrogens is 1. The number of aromatic hydroxyl groups is 1. The van der Waals surface area contributed by atoms with E-state index in [1.54, 1.807) is 16.9 Å². The molecular formula is C26H33N7O3. The standard InChI is InChI=1S/C26H33N7O3/c1-13(2)33-19(9-10-28-33)25(35)30-24(22(16-5-6-16)17-7-8-17)26(36)29-18-11-20(34)23(27-12-18)21-14(3)31-32-15(21)4/h9-13,16-17,22,24,34H,5-8H2,1-4H3,(H,29,36)(H,30,35)(H,31,32)/t24-/m0/s1. The number of amides is 2. The van der Waals surface area contributed by atoms with Crippen LogP contribution in [0.2, 0.25) is 0 Å². The van der Waals surface area contributed by atoms with Crippen LogP contribution in [0.15, 0.2) is 24.5 Å². The lowest BCUT2D eigenvalue weighted by Gasteiger charge is -2.27. The van der Waals surface area contributed by atoms with Crippen molar-refractivity contribution in [2.24, 2.45) is 17.8 Å². The fourth-order valence-corrected chi connectivity index (χ4v) is 5.18.